The Labute approximate surface area is 217 Å². The van der Waals surface area contributed by atoms with Crippen LogP contribution in [0.3, 0.4) is 0 Å². The number of likely N-dealkylation sites (N-methyl/N-ethyl adjacent to an activating group) is 1. The summed E-state index contributed by atoms with van der Waals surface area (Å²) in [5, 5.41) is 23.8. The lowest BCUT2D eigenvalue weighted by Gasteiger charge is -2.56. The molecule has 1 aromatic carbocycles. The van der Waals surface area contributed by atoms with Crippen molar-refractivity contribution in [3.63, 3.8) is 0 Å². The highest BCUT2D eigenvalue weighted by atomic mass is 16.5. The Morgan fingerprint density at radius 1 is 1.16 bits per heavy atom. The highest BCUT2D eigenvalue weighted by molar-refractivity contribution is 5.87. The van der Waals surface area contributed by atoms with Gasteiger partial charge < -0.3 is 24.8 Å². The maximum Gasteiger partial charge on any atom is 0.255 e. The van der Waals surface area contributed by atoms with Gasteiger partial charge >= 0.3 is 0 Å². The maximum atomic E-state index is 12.6. The summed E-state index contributed by atoms with van der Waals surface area (Å²) in [6.45, 7) is 4.58. The third kappa shape index (κ3) is 2.93. The number of H-pyrrole nitrogens is 1. The highest BCUT2D eigenvalue weighted by Gasteiger charge is 2.68. The quantitative estimate of drug-likeness (QED) is 0.582. The lowest BCUT2D eigenvalue weighted by molar-refractivity contribution is -0.162. The molecule has 194 valence electrons. The maximum absolute atomic E-state index is 12.6. The van der Waals surface area contributed by atoms with Crippen LogP contribution >= 0.6 is 0 Å². The average Bonchev–Trinajstić information content (AvgIpc) is 3.36. The number of hydrogen-bond donors (Lipinski definition) is 3. The van der Waals surface area contributed by atoms with Crippen molar-refractivity contribution in [1.29, 1.82) is 0 Å². The summed E-state index contributed by atoms with van der Waals surface area (Å²) in [6.07, 6.45) is 8.84. The van der Waals surface area contributed by atoms with E-state index in [0.29, 0.717) is 6.42 Å². The normalized spacial score (nSPS) is 40.4. The first-order valence-corrected chi connectivity index (χ1v) is 13.6. The van der Waals surface area contributed by atoms with E-state index in [2.05, 4.69) is 49.2 Å². The highest BCUT2D eigenvalue weighted by Crippen LogP contribution is 2.69. The molecule has 2 spiro atoms. The van der Waals surface area contributed by atoms with Gasteiger partial charge in [-0.05, 0) is 92.9 Å². The van der Waals surface area contributed by atoms with E-state index >= 15 is 0 Å². The molecule has 0 radical (unpaired) electrons. The van der Waals surface area contributed by atoms with Crippen LogP contribution < -0.4 is 5.56 Å². The van der Waals surface area contributed by atoms with Gasteiger partial charge in [-0.3, -0.25) is 4.79 Å². The summed E-state index contributed by atoms with van der Waals surface area (Å²) < 4.78 is 7.29. The molecule has 1 aromatic heterocycles. The van der Waals surface area contributed by atoms with Crippen LogP contribution in [0.25, 0.3) is 16.3 Å². The summed E-state index contributed by atoms with van der Waals surface area (Å²) in [5.74, 6) is 0.275. The molecule has 2 aromatic rings. The molecule has 3 N–H and O–H groups in total. The Morgan fingerprint density at radius 2 is 1.97 bits per heavy atom. The van der Waals surface area contributed by atoms with Gasteiger partial charge in [0.15, 0.2) is 0 Å². The Balaban J connectivity index is 1.34. The molecule has 7 unspecified atom stereocenters. The van der Waals surface area contributed by atoms with Crippen molar-refractivity contribution in [1.82, 2.24) is 9.88 Å². The number of fused-ring (bicyclic) bond motifs is 2. The van der Waals surface area contributed by atoms with E-state index in [1.807, 2.05) is 25.1 Å². The lowest BCUT2D eigenvalue weighted by Crippen LogP contribution is -2.62. The van der Waals surface area contributed by atoms with Gasteiger partial charge in [-0.1, -0.05) is 36.8 Å². The molecule has 2 fully saturated rings. The molecular formula is C31H36N2O4. The first kappa shape index (κ1) is 23.6. The zero-order chi connectivity index (χ0) is 25.9. The molecule has 37 heavy (non-hydrogen) atoms. The standard InChI is InChI=1S/C31H36N2O4/c1-17-15-29(2)21(19-6-5-18-9-12-32-28(36)20(18)13-19)7-8-25(29)31-11-10-30(37-31)16-24(33(3)4)27(35)26(34)23(30)14-22(17)31/h5-7,9,12-14,24-27,34-35H,8,10-11,15-16H2,1-4H3,(H,32,36). The summed E-state index contributed by atoms with van der Waals surface area (Å²) in [7, 11) is 3.93. The molecule has 3 heterocycles. The fraction of sp³-hybridized carbons (Fsp3) is 0.516. The predicted octanol–water partition coefficient (Wildman–Crippen LogP) is 3.94. The van der Waals surface area contributed by atoms with Gasteiger partial charge in [0.05, 0.1) is 17.3 Å². The van der Waals surface area contributed by atoms with Crippen LogP contribution in [0.1, 0.15) is 51.5 Å². The van der Waals surface area contributed by atoms with Gasteiger partial charge in [0.1, 0.15) is 6.10 Å². The first-order valence-electron chi connectivity index (χ1n) is 13.6. The van der Waals surface area contributed by atoms with Crippen molar-refractivity contribution in [2.75, 3.05) is 14.1 Å². The summed E-state index contributed by atoms with van der Waals surface area (Å²) in [6, 6.07) is 8.05. The second kappa shape index (κ2) is 7.54. The van der Waals surface area contributed by atoms with Gasteiger partial charge in [-0.25, -0.2) is 0 Å². The topological polar surface area (TPSA) is 85.8 Å². The molecule has 1 saturated heterocycles. The number of hydrogen-bond acceptors (Lipinski definition) is 5. The van der Waals surface area contributed by atoms with Crippen LogP contribution in [-0.2, 0) is 4.74 Å². The van der Waals surface area contributed by atoms with Gasteiger partial charge in [-0.15, -0.1) is 0 Å². The van der Waals surface area contributed by atoms with E-state index in [4.69, 9.17) is 4.74 Å². The number of allylic oxidation sites excluding steroid dienone is 3. The molecule has 7 rings (SSSR count). The minimum Gasteiger partial charge on any atom is -0.388 e. The largest absolute Gasteiger partial charge is 0.388 e. The van der Waals surface area contributed by atoms with Crippen LogP contribution in [0.4, 0.5) is 0 Å². The number of benzene rings is 1. The van der Waals surface area contributed by atoms with Crippen LogP contribution in [0.5, 0.6) is 0 Å². The summed E-state index contributed by atoms with van der Waals surface area (Å²) >= 11 is 0. The first-order chi connectivity index (χ1) is 17.6. The third-order valence-corrected chi connectivity index (χ3v) is 10.5. The molecule has 3 aliphatic carbocycles. The van der Waals surface area contributed by atoms with Crippen LogP contribution in [-0.4, -0.2) is 63.6 Å². The zero-order valence-corrected chi connectivity index (χ0v) is 22.0. The van der Waals surface area contributed by atoms with Gasteiger partial charge in [0.25, 0.3) is 5.56 Å². The summed E-state index contributed by atoms with van der Waals surface area (Å²) in [5.41, 5.74) is 4.70. The fourth-order valence-corrected chi connectivity index (χ4v) is 8.80. The Bertz CT molecular complexity index is 1480. The Morgan fingerprint density at radius 3 is 2.76 bits per heavy atom. The van der Waals surface area contributed by atoms with Crippen molar-refractivity contribution in [2.24, 2.45) is 11.3 Å². The minimum absolute atomic E-state index is 0.0558. The van der Waals surface area contributed by atoms with E-state index in [1.54, 1.807) is 6.20 Å². The summed E-state index contributed by atoms with van der Waals surface area (Å²) in [4.78, 5) is 17.4. The zero-order valence-electron chi connectivity index (χ0n) is 22.0. The van der Waals surface area contributed by atoms with E-state index in [1.165, 1.54) is 16.7 Å². The van der Waals surface area contributed by atoms with E-state index in [-0.39, 0.29) is 22.9 Å². The van der Waals surface area contributed by atoms with Crippen molar-refractivity contribution >= 4 is 16.3 Å². The molecule has 2 bridgehead atoms. The second-order valence-corrected chi connectivity index (χ2v) is 12.6. The smallest absolute Gasteiger partial charge is 0.255 e. The SMILES string of the molecule is CC1=C2C=C3C(O)C(O)C(N(C)C)CC34CCC2(O4)C2CC=C(c3ccc4cc[nH]c(=O)c4c3)C2(C)C1. The Kier molecular flexibility index (Phi) is 4.81. The number of aliphatic hydroxyl groups excluding tert-OH is 2. The molecule has 1 saturated carbocycles. The molecule has 2 aliphatic heterocycles. The molecular weight excluding hydrogens is 464 g/mol. The number of pyridine rings is 1. The molecule has 5 aliphatic rings. The number of nitrogens with one attached hydrogen (secondary N) is 1. The number of rotatable bonds is 2. The predicted molar refractivity (Wildman–Crippen MR) is 144 cm³/mol. The second-order valence-electron chi connectivity index (χ2n) is 12.6. The molecule has 7 atom stereocenters. The van der Waals surface area contributed by atoms with E-state index in [0.717, 1.165) is 47.6 Å². The van der Waals surface area contributed by atoms with E-state index < -0.39 is 23.4 Å². The number of aliphatic hydroxyl groups is 2. The Hall–Kier alpha value is -2.51. The lowest BCUT2D eigenvalue weighted by atomic mass is 9.56. The third-order valence-electron chi connectivity index (χ3n) is 10.5. The number of aromatic nitrogens is 1. The molecule has 6 heteroatoms. The van der Waals surface area contributed by atoms with Crippen molar-refractivity contribution in [3.8, 4) is 0 Å². The van der Waals surface area contributed by atoms with Crippen LogP contribution in [0, 0.1) is 11.3 Å². The molecule has 6 nitrogen and oxygen atoms in total. The van der Waals surface area contributed by atoms with E-state index in [9.17, 15) is 15.0 Å². The van der Waals surface area contributed by atoms with Crippen molar-refractivity contribution in [2.45, 2.75) is 75.4 Å². The average molecular weight is 501 g/mol. The fourth-order valence-electron chi connectivity index (χ4n) is 8.80. The number of ether oxygens (including phenoxy) is 1. The van der Waals surface area contributed by atoms with Gasteiger partial charge in [-0.2, -0.15) is 0 Å². The number of nitrogens with zero attached hydrogens (tertiary/aromatic N) is 1. The van der Waals surface area contributed by atoms with Gasteiger partial charge in [0, 0.05) is 29.0 Å². The monoisotopic (exact) mass is 500 g/mol. The minimum atomic E-state index is -0.918. The van der Waals surface area contributed by atoms with Gasteiger partial charge in [0.2, 0.25) is 0 Å². The molecule has 0 amide bonds. The van der Waals surface area contributed by atoms with Crippen molar-refractivity contribution < 1.29 is 14.9 Å². The number of aromatic amines is 1. The van der Waals surface area contributed by atoms with Crippen molar-refractivity contribution in [3.05, 3.63) is 75.3 Å². The van der Waals surface area contributed by atoms with Crippen LogP contribution in [0.15, 0.2) is 64.1 Å². The van der Waals surface area contributed by atoms with Crippen LogP contribution in [0.2, 0.25) is 0 Å².